The normalized spacial score (nSPS) is 14.4. The van der Waals surface area contributed by atoms with Crippen LogP contribution in [0.15, 0.2) is 42.5 Å². The third-order valence-corrected chi connectivity index (χ3v) is 6.07. The van der Waals surface area contributed by atoms with Gasteiger partial charge >= 0.3 is 0 Å². The molecule has 21 heavy (non-hydrogen) atoms. The highest BCUT2D eigenvalue weighted by atomic mass is 32.2. The minimum Gasteiger partial charge on any atom is -0.283 e. The fourth-order valence-electron chi connectivity index (χ4n) is 2.69. The average Bonchev–Trinajstić information content (AvgIpc) is 2.83. The first-order valence-corrected chi connectivity index (χ1v) is 8.78. The molecule has 1 atom stereocenters. The molecule has 0 saturated carbocycles. The van der Waals surface area contributed by atoms with Crippen LogP contribution < -0.4 is 4.72 Å². The summed E-state index contributed by atoms with van der Waals surface area (Å²) in [5.41, 5.74) is 5.60. The van der Waals surface area contributed by atoms with Gasteiger partial charge in [-0.25, -0.2) is 8.42 Å². The van der Waals surface area contributed by atoms with Gasteiger partial charge in [0, 0.05) is 5.69 Å². The lowest BCUT2D eigenvalue weighted by atomic mass is 10.1. The van der Waals surface area contributed by atoms with Gasteiger partial charge in [-0.3, -0.25) is 4.72 Å². The number of nitrogens with one attached hydrogen (secondary N) is 1. The average molecular weight is 301 g/mol. The van der Waals surface area contributed by atoms with Crippen LogP contribution in [0.4, 0.5) is 5.69 Å². The van der Waals surface area contributed by atoms with Crippen LogP contribution in [-0.2, 0) is 16.4 Å². The van der Waals surface area contributed by atoms with Gasteiger partial charge in [-0.15, -0.1) is 0 Å². The van der Waals surface area contributed by atoms with Crippen molar-refractivity contribution in [3.05, 3.63) is 53.6 Å². The molecule has 1 aliphatic rings. The molecule has 2 aromatic carbocycles. The summed E-state index contributed by atoms with van der Waals surface area (Å²) in [5, 5.41) is -0.386. The standard InChI is InChI=1S/C17H19NO2S/c1-3-12(2)21(19,20)18-15-8-9-17-14(11-15)10-13-6-4-5-7-16(13)17/h4-9,11-12,18H,3,10H2,1-2H3. The van der Waals surface area contributed by atoms with Gasteiger partial charge in [-0.1, -0.05) is 37.3 Å². The van der Waals surface area contributed by atoms with Crippen molar-refractivity contribution in [3.8, 4) is 11.1 Å². The zero-order valence-corrected chi connectivity index (χ0v) is 13.1. The van der Waals surface area contributed by atoms with E-state index in [2.05, 4.69) is 16.9 Å². The maximum Gasteiger partial charge on any atom is 0.235 e. The number of fused-ring (bicyclic) bond motifs is 3. The lowest BCUT2D eigenvalue weighted by Crippen LogP contribution is -2.24. The molecule has 0 aromatic heterocycles. The number of rotatable bonds is 4. The maximum atomic E-state index is 12.1. The van der Waals surface area contributed by atoms with Crippen LogP contribution in [0.2, 0.25) is 0 Å². The zero-order chi connectivity index (χ0) is 15.0. The Kier molecular flexibility index (Phi) is 3.49. The SMILES string of the molecule is CCC(C)S(=O)(=O)Nc1ccc2c(c1)Cc1ccccc1-2. The van der Waals surface area contributed by atoms with E-state index in [4.69, 9.17) is 0 Å². The van der Waals surface area contributed by atoms with E-state index in [9.17, 15) is 8.42 Å². The smallest absolute Gasteiger partial charge is 0.235 e. The number of anilines is 1. The van der Waals surface area contributed by atoms with Crippen LogP contribution in [-0.4, -0.2) is 13.7 Å². The van der Waals surface area contributed by atoms with Crippen molar-refractivity contribution >= 4 is 15.7 Å². The van der Waals surface area contributed by atoms with E-state index >= 15 is 0 Å². The molecule has 4 heteroatoms. The highest BCUT2D eigenvalue weighted by Crippen LogP contribution is 2.37. The second-order valence-electron chi connectivity index (χ2n) is 5.57. The van der Waals surface area contributed by atoms with Crippen molar-refractivity contribution < 1.29 is 8.42 Å². The fraction of sp³-hybridized carbons (Fsp3) is 0.294. The second kappa shape index (κ2) is 5.19. The molecule has 0 amide bonds. The third-order valence-electron chi connectivity index (χ3n) is 4.16. The summed E-state index contributed by atoms with van der Waals surface area (Å²) in [6, 6.07) is 14.1. The van der Waals surface area contributed by atoms with Gasteiger partial charge in [0.05, 0.1) is 5.25 Å². The first-order chi connectivity index (χ1) is 10.0. The van der Waals surface area contributed by atoms with Crippen molar-refractivity contribution in [1.29, 1.82) is 0 Å². The van der Waals surface area contributed by atoms with Gasteiger partial charge in [-0.05, 0) is 54.2 Å². The van der Waals surface area contributed by atoms with E-state index in [1.807, 2.05) is 37.3 Å². The Labute approximate surface area is 126 Å². The van der Waals surface area contributed by atoms with E-state index < -0.39 is 10.0 Å². The summed E-state index contributed by atoms with van der Waals surface area (Å²) in [6.07, 6.45) is 1.47. The molecule has 0 saturated heterocycles. The van der Waals surface area contributed by atoms with Crippen molar-refractivity contribution in [2.45, 2.75) is 31.9 Å². The van der Waals surface area contributed by atoms with Gasteiger partial charge in [0.25, 0.3) is 0 Å². The van der Waals surface area contributed by atoms with Gasteiger partial charge in [-0.2, -0.15) is 0 Å². The lowest BCUT2D eigenvalue weighted by molar-refractivity contribution is 0.586. The van der Waals surface area contributed by atoms with E-state index in [-0.39, 0.29) is 5.25 Å². The van der Waals surface area contributed by atoms with Crippen LogP contribution in [0, 0.1) is 0 Å². The molecule has 1 N–H and O–H groups in total. The molecule has 0 radical (unpaired) electrons. The van der Waals surface area contributed by atoms with E-state index in [1.165, 1.54) is 22.3 Å². The Morgan fingerprint density at radius 3 is 2.57 bits per heavy atom. The van der Waals surface area contributed by atoms with Crippen molar-refractivity contribution in [1.82, 2.24) is 0 Å². The Balaban J connectivity index is 1.91. The summed E-state index contributed by atoms with van der Waals surface area (Å²) in [7, 11) is -3.30. The summed E-state index contributed by atoms with van der Waals surface area (Å²) in [6.45, 7) is 3.61. The van der Waals surface area contributed by atoms with Crippen LogP contribution in [0.1, 0.15) is 31.4 Å². The first kappa shape index (κ1) is 14.1. The highest BCUT2D eigenvalue weighted by Gasteiger charge is 2.21. The minimum atomic E-state index is -3.30. The molecular formula is C17H19NO2S. The lowest BCUT2D eigenvalue weighted by Gasteiger charge is -2.13. The first-order valence-electron chi connectivity index (χ1n) is 7.24. The molecular weight excluding hydrogens is 282 g/mol. The van der Waals surface area contributed by atoms with Gasteiger partial charge in [0.1, 0.15) is 0 Å². The van der Waals surface area contributed by atoms with Crippen molar-refractivity contribution in [2.75, 3.05) is 4.72 Å². The second-order valence-corrected chi connectivity index (χ2v) is 7.67. The van der Waals surface area contributed by atoms with Crippen LogP contribution in [0.5, 0.6) is 0 Å². The third kappa shape index (κ3) is 2.56. The van der Waals surface area contributed by atoms with E-state index in [1.54, 1.807) is 6.92 Å². The van der Waals surface area contributed by atoms with Gasteiger partial charge in [0.15, 0.2) is 0 Å². The number of benzene rings is 2. The molecule has 0 aliphatic heterocycles. The zero-order valence-electron chi connectivity index (χ0n) is 12.3. The molecule has 0 bridgehead atoms. The largest absolute Gasteiger partial charge is 0.283 e. The molecule has 3 rings (SSSR count). The summed E-state index contributed by atoms with van der Waals surface area (Å²) in [5.74, 6) is 0. The quantitative estimate of drug-likeness (QED) is 0.796. The maximum absolute atomic E-state index is 12.1. The van der Waals surface area contributed by atoms with Crippen LogP contribution >= 0.6 is 0 Å². The molecule has 1 aliphatic carbocycles. The van der Waals surface area contributed by atoms with Crippen molar-refractivity contribution in [3.63, 3.8) is 0 Å². The monoisotopic (exact) mass is 301 g/mol. The Morgan fingerprint density at radius 1 is 1.10 bits per heavy atom. The van der Waals surface area contributed by atoms with Crippen molar-refractivity contribution in [2.24, 2.45) is 0 Å². The van der Waals surface area contributed by atoms with E-state index in [0.29, 0.717) is 12.1 Å². The predicted octanol–water partition coefficient (Wildman–Crippen LogP) is 3.80. The molecule has 0 heterocycles. The Hall–Kier alpha value is -1.81. The Bertz CT molecular complexity index is 781. The highest BCUT2D eigenvalue weighted by molar-refractivity contribution is 7.93. The molecule has 0 spiro atoms. The van der Waals surface area contributed by atoms with E-state index in [0.717, 1.165) is 6.42 Å². The van der Waals surface area contributed by atoms with Gasteiger partial charge < -0.3 is 0 Å². The number of sulfonamides is 1. The molecule has 3 nitrogen and oxygen atoms in total. The summed E-state index contributed by atoms with van der Waals surface area (Å²) >= 11 is 0. The van der Waals surface area contributed by atoms with Crippen LogP contribution in [0.25, 0.3) is 11.1 Å². The predicted molar refractivity (Wildman–Crippen MR) is 87.0 cm³/mol. The topological polar surface area (TPSA) is 46.2 Å². The number of hydrogen-bond acceptors (Lipinski definition) is 2. The van der Waals surface area contributed by atoms with Gasteiger partial charge in [0.2, 0.25) is 10.0 Å². The molecule has 0 fully saturated rings. The summed E-state index contributed by atoms with van der Waals surface area (Å²) < 4.78 is 27.0. The molecule has 110 valence electrons. The minimum absolute atomic E-state index is 0.386. The summed E-state index contributed by atoms with van der Waals surface area (Å²) in [4.78, 5) is 0. The molecule has 1 unspecified atom stereocenters. The number of hydrogen-bond donors (Lipinski definition) is 1. The van der Waals surface area contributed by atoms with Crippen LogP contribution in [0.3, 0.4) is 0 Å². The molecule has 2 aromatic rings. The Morgan fingerprint density at radius 2 is 1.81 bits per heavy atom. The fourth-order valence-corrected chi connectivity index (χ4v) is 3.79.